The van der Waals surface area contributed by atoms with E-state index in [0.717, 1.165) is 16.8 Å². The number of nitrogens with zero attached hydrogens (tertiary/aromatic N) is 2. The maximum Gasteiger partial charge on any atom is 0.0769 e. The first-order chi connectivity index (χ1) is 10.6. The van der Waals surface area contributed by atoms with E-state index in [-0.39, 0.29) is 6.61 Å². The van der Waals surface area contributed by atoms with E-state index in [0.29, 0.717) is 13.1 Å². The van der Waals surface area contributed by atoms with Crippen molar-refractivity contribution in [3.05, 3.63) is 65.7 Å². The Hall–Kier alpha value is -2.31. The summed E-state index contributed by atoms with van der Waals surface area (Å²) >= 11 is 0. The lowest BCUT2D eigenvalue weighted by molar-refractivity contribution is 0.301. The van der Waals surface area contributed by atoms with Gasteiger partial charge < -0.3 is 10.0 Å². The van der Waals surface area contributed by atoms with Crippen LogP contribution in [0, 0.1) is 11.3 Å². The van der Waals surface area contributed by atoms with E-state index in [9.17, 15) is 10.4 Å². The van der Waals surface area contributed by atoms with Gasteiger partial charge in [0, 0.05) is 18.8 Å². The summed E-state index contributed by atoms with van der Waals surface area (Å²) in [6.07, 6.45) is 0. The minimum atomic E-state index is -0.530. The Balaban J connectivity index is 2.34. The van der Waals surface area contributed by atoms with Gasteiger partial charge in [-0.05, 0) is 37.1 Å². The summed E-state index contributed by atoms with van der Waals surface area (Å²) in [6.45, 7) is 5.20. The fourth-order valence-corrected chi connectivity index (χ4v) is 2.59. The van der Waals surface area contributed by atoms with Crippen molar-refractivity contribution < 1.29 is 5.11 Å². The number of para-hydroxylation sites is 1. The van der Waals surface area contributed by atoms with Gasteiger partial charge in [-0.15, -0.1) is 0 Å². The first-order valence-corrected chi connectivity index (χ1v) is 7.49. The molecular formula is C19H22N2O. The lowest BCUT2D eigenvalue weighted by atomic mass is 9.83. The van der Waals surface area contributed by atoms with Crippen LogP contribution in [-0.2, 0) is 12.0 Å². The number of anilines is 1. The van der Waals surface area contributed by atoms with Crippen LogP contribution in [-0.4, -0.2) is 18.3 Å². The molecule has 1 N–H and O–H groups in total. The zero-order chi connectivity index (χ0) is 16.0. The summed E-state index contributed by atoms with van der Waals surface area (Å²) < 4.78 is 0. The van der Waals surface area contributed by atoms with Gasteiger partial charge in [-0.2, -0.15) is 5.26 Å². The summed E-state index contributed by atoms with van der Waals surface area (Å²) in [4.78, 5) is 2.13. The van der Waals surface area contributed by atoms with Crippen LogP contribution in [0.1, 0.15) is 25.0 Å². The number of nitriles is 1. The van der Waals surface area contributed by atoms with Crippen LogP contribution in [0.4, 0.5) is 5.69 Å². The molecule has 0 radical (unpaired) electrons. The van der Waals surface area contributed by atoms with Gasteiger partial charge >= 0.3 is 0 Å². The summed E-state index contributed by atoms with van der Waals surface area (Å²) in [5.74, 6) is 0. The van der Waals surface area contributed by atoms with Gasteiger partial charge in [0.25, 0.3) is 0 Å². The molecule has 0 aliphatic heterocycles. The molecule has 0 heterocycles. The number of aliphatic hydroxyl groups is 1. The van der Waals surface area contributed by atoms with Gasteiger partial charge in [0.2, 0.25) is 0 Å². The second-order valence-corrected chi connectivity index (χ2v) is 5.87. The molecule has 0 bridgehead atoms. The molecule has 0 spiro atoms. The summed E-state index contributed by atoms with van der Waals surface area (Å²) in [7, 11) is 0. The standard InChI is InChI=1S/C19H22N2O/c1-19(2,15-20)18-11-7-6-8-16(18)14-21(12-13-22)17-9-4-3-5-10-17/h3-11,22H,12-14H2,1-2H3. The van der Waals surface area contributed by atoms with E-state index in [4.69, 9.17) is 0 Å². The molecule has 0 aliphatic rings. The molecule has 22 heavy (non-hydrogen) atoms. The third-order valence-corrected chi connectivity index (χ3v) is 3.82. The molecule has 0 saturated carbocycles. The number of rotatable bonds is 6. The molecule has 0 amide bonds. The molecule has 2 rings (SSSR count). The molecule has 2 aromatic carbocycles. The highest BCUT2D eigenvalue weighted by Crippen LogP contribution is 2.27. The van der Waals surface area contributed by atoms with E-state index in [1.807, 2.05) is 62.4 Å². The van der Waals surface area contributed by atoms with Crippen molar-refractivity contribution in [2.75, 3.05) is 18.1 Å². The lowest BCUT2D eigenvalue weighted by Crippen LogP contribution is -2.28. The van der Waals surface area contributed by atoms with Crippen LogP contribution in [0.3, 0.4) is 0 Å². The Kier molecular flexibility index (Phi) is 5.19. The monoisotopic (exact) mass is 294 g/mol. The molecule has 0 saturated heterocycles. The van der Waals surface area contributed by atoms with Crippen LogP contribution in [0.15, 0.2) is 54.6 Å². The molecule has 0 aromatic heterocycles. The topological polar surface area (TPSA) is 47.3 Å². The van der Waals surface area contributed by atoms with Crippen molar-refractivity contribution in [1.29, 1.82) is 5.26 Å². The third-order valence-electron chi connectivity index (χ3n) is 3.82. The number of hydrogen-bond donors (Lipinski definition) is 1. The number of aliphatic hydroxyl groups excluding tert-OH is 1. The largest absolute Gasteiger partial charge is 0.395 e. The molecule has 0 fully saturated rings. The van der Waals surface area contributed by atoms with Crippen molar-refractivity contribution >= 4 is 5.69 Å². The summed E-state index contributed by atoms with van der Waals surface area (Å²) in [5.41, 5.74) is 2.70. The zero-order valence-electron chi connectivity index (χ0n) is 13.2. The van der Waals surface area contributed by atoms with Crippen LogP contribution < -0.4 is 4.90 Å². The highest BCUT2D eigenvalue weighted by atomic mass is 16.3. The van der Waals surface area contributed by atoms with Gasteiger partial charge in [-0.25, -0.2) is 0 Å². The van der Waals surface area contributed by atoms with Gasteiger partial charge in [0.15, 0.2) is 0 Å². The maximum absolute atomic E-state index is 9.42. The van der Waals surface area contributed by atoms with Crippen LogP contribution in [0.2, 0.25) is 0 Å². The normalized spacial score (nSPS) is 11.0. The van der Waals surface area contributed by atoms with Crippen LogP contribution in [0.25, 0.3) is 0 Å². The first kappa shape index (κ1) is 16.1. The smallest absolute Gasteiger partial charge is 0.0769 e. The molecule has 0 aliphatic carbocycles. The van der Waals surface area contributed by atoms with Crippen molar-refractivity contribution in [2.45, 2.75) is 25.8 Å². The second-order valence-electron chi connectivity index (χ2n) is 5.87. The Labute approximate surface area is 132 Å². The van der Waals surface area contributed by atoms with Crippen LogP contribution >= 0.6 is 0 Å². The fourth-order valence-electron chi connectivity index (χ4n) is 2.59. The lowest BCUT2D eigenvalue weighted by Gasteiger charge is -2.27. The molecular weight excluding hydrogens is 272 g/mol. The van der Waals surface area contributed by atoms with E-state index in [1.165, 1.54) is 0 Å². The van der Waals surface area contributed by atoms with Crippen molar-refractivity contribution in [3.8, 4) is 6.07 Å². The number of hydrogen-bond acceptors (Lipinski definition) is 3. The minimum absolute atomic E-state index is 0.0959. The molecule has 0 unspecified atom stereocenters. The average molecular weight is 294 g/mol. The minimum Gasteiger partial charge on any atom is -0.395 e. The molecule has 3 heteroatoms. The molecule has 2 aromatic rings. The summed E-state index contributed by atoms with van der Waals surface area (Å²) in [6, 6.07) is 20.4. The molecule has 3 nitrogen and oxygen atoms in total. The maximum atomic E-state index is 9.42. The Morgan fingerprint density at radius 2 is 1.68 bits per heavy atom. The van der Waals surface area contributed by atoms with Gasteiger partial charge in [-0.3, -0.25) is 0 Å². The molecule has 0 atom stereocenters. The Morgan fingerprint density at radius 1 is 1.05 bits per heavy atom. The predicted molar refractivity (Wildman–Crippen MR) is 89.7 cm³/mol. The quantitative estimate of drug-likeness (QED) is 0.887. The van der Waals surface area contributed by atoms with E-state index >= 15 is 0 Å². The van der Waals surface area contributed by atoms with Gasteiger partial charge in [0.05, 0.1) is 18.1 Å². The molecule has 114 valence electrons. The SMILES string of the molecule is CC(C)(C#N)c1ccccc1CN(CCO)c1ccccc1. The highest BCUT2D eigenvalue weighted by Gasteiger charge is 2.23. The van der Waals surface area contributed by atoms with E-state index < -0.39 is 5.41 Å². The first-order valence-electron chi connectivity index (χ1n) is 7.49. The Morgan fingerprint density at radius 3 is 2.32 bits per heavy atom. The van der Waals surface area contributed by atoms with E-state index in [1.54, 1.807) is 0 Å². The van der Waals surface area contributed by atoms with Crippen molar-refractivity contribution in [3.63, 3.8) is 0 Å². The van der Waals surface area contributed by atoms with Gasteiger partial charge in [-0.1, -0.05) is 42.5 Å². The second kappa shape index (κ2) is 7.11. The van der Waals surface area contributed by atoms with Gasteiger partial charge in [0.1, 0.15) is 0 Å². The van der Waals surface area contributed by atoms with E-state index in [2.05, 4.69) is 17.0 Å². The third kappa shape index (κ3) is 3.66. The Bertz CT molecular complexity index is 644. The highest BCUT2D eigenvalue weighted by molar-refractivity contribution is 5.48. The fraction of sp³-hybridized carbons (Fsp3) is 0.316. The zero-order valence-corrected chi connectivity index (χ0v) is 13.2. The number of benzene rings is 2. The van der Waals surface area contributed by atoms with Crippen molar-refractivity contribution in [2.24, 2.45) is 0 Å². The predicted octanol–water partition coefficient (Wildman–Crippen LogP) is 3.49. The average Bonchev–Trinajstić information content (AvgIpc) is 2.55. The summed E-state index contributed by atoms with van der Waals surface area (Å²) in [5, 5.41) is 18.8. The van der Waals surface area contributed by atoms with Crippen LogP contribution in [0.5, 0.6) is 0 Å². The van der Waals surface area contributed by atoms with Crippen molar-refractivity contribution in [1.82, 2.24) is 0 Å².